The molecule has 0 spiro atoms. The lowest BCUT2D eigenvalue weighted by atomic mass is 10.1. The minimum atomic E-state index is -0.0714. The second-order valence-corrected chi connectivity index (χ2v) is 4.93. The molecule has 23 heavy (non-hydrogen) atoms. The van der Waals surface area contributed by atoms with E-state index in [1.54, 1.807) is 36.4 Å². The predicted octanol–water partition coefficient (Wildman–Crippen LogP) is 3.88. The summed E-state index contributed by atoms with van der Waals surface area (Å²) in [7, 11) is 0. The summed E-state index contributed by atoms with van der Waals surface area (Å²) in [6.07, 6.45) is 4.97. The van der Waals surface area contributed by atoms with E-state index in [1.165, 1.54) is 6.08 Å². The van der Waals surface area contributed by atoms with Crippen LogP contribution in [0.2, 0.25) is 0 Å². The fraction of sp³-hybridized carbons (Fsp3) is 0.105. The smallest absolute Gasteiger partial charge is 0.231 e. The molecule has 3 rings (SSSR count). The van der Waals surface area contributed by atoms with Gasteiger partial charge in [0.2, 0.25) is 6.79 Å². The van der Waals surface area contributed by atoms with Gasteiger partial charge in [-0.2, -0.15) is 0 Å². The van der Waals surface area contributed by atoms with Crippen LogP contribution in [0.25, 0.3) is 6.08 Å². The molecule has 0 radical (unpaired) electrons. The fourth-order valence-corrected chi connectivity index (χ4v) is 2.16. The molecule has 116 valence electrons. The molecule has 2 aromatic rings. The highest BCUT2D eigenvalue weighted by molar-refractivity contribution is 6.06. The normalized spacial score (nSPS) is 12.3. The molecule has 1 aliphatic heterocycles. The van der Waals surface area contributed by atoms with Crippen molar-refractivity contribution in [3.05, 3.63) is 72.3 Å². The second-order valence-electron chi connectivity index (χ2n) is 4.93. The summed E-state index contributed by atoms with van der Waals surface area (Å²) in [5, 5.41) is 0. The van der Waals surface area contributed by atoms with Gasteiger partial charge in [0.15, 0.2) is 17.3 Å². The van der Waals surface area contributed by atoms with E-state index in [0.717, 1.165) is 11.3 Å². The molecule has 0 saturated carbocycles. The molecule has 0 saturated heterocycles. The van der Waals surface area contributed by atoms with Gasteiger partial charge in [0.1, 0.15) is 12.4 Å². The van der Waals surface area contributed by atoms with Gasteiger partial charge >= 0.3 is 0 Å². The Kier molecular flexibility index (Phi) is 4.43. The SMILES string of the molecule is C=CCOc1ccc(C(=O)/C=C/c2ccc3c(c2)OCO3)cc1. The fourth-order valence-electron chi connectivity index (χ4n) is 2.16. The lowest BCUT2D eigenvalue weighted by Crippen LogP contribution is -1.96. The van der Waals surface area contributed by atoms with Gasteiger partial charge in [-0.1, -0.05) is 24.8 Å². The molecule has 1 heterocycles. The molecule has 4 nitrogen and oxygen atoms in total. The lowest BCUT2D eigenvalue weighted by molar-refractivity contribution is 0.104. The number of ether oxygens (including phenoxy) is 3. The van der Waals surface area contributed by atoms with Crippen LogP contribution in [0.1, 0.15) is 15.9 Å². The van der Waals surface area contributed by atoms with Crippen molar-refractivity contribution in [3.8, 4) is 17.2 Å². The Bertz CT molecular complexity index is 744. The molecule has 0 N–H and O–H groups in total. The number of hydrogen-bond donors (Lipinski definition) is 0. The van der Waals surface area contributed by atoms with E-state index in [2.05, 4.69) is 6.58 Å². The summed E-state index contributed by atoms with van der Waals surface area (Å²) < 4.78 is 16.0. The monoisotopic (exact) mass is 308 g/mol. The average molecular weight is 308 g/mol. The van der Waals surface area contributed by atoms with Gasteiger partial charge in [0.05, 0.1) is 0 Å². The standard InChI is InChI=1S/C19H16O4/c1-2-11-21-16-7-5-15(6-8-16)17(20)9-3-14-4-10-18-19(12-14)23-13-22-18/h2-10,12H,1,11,13H2/b9-3+. The molecule has 1 aliphatic rings. The van der Waals surface area contributed by atoms with Crippen LogP contribution in [0.4, 0.5) is 0 Å². The zero-order valence-corrected chi connectivity index (χ0v) is 12.5. The third kappa shape index (κ3) is 3.61. The maximum atomic E-state index is 12.2. The van der Waals surface area contributed by atoms with Gasteiger partial charge in [-0.05, 0) is 48.0 Å². The van der Waals surface area contributed by atoms with E-state index in [-0.39, 0.29) is 12.6 Å². The number of fused-ring (bicyclic) bond motifs is 1. The maximum absolute atomic E-state index is 12.2. The lowest BCUT2D eigenvalue weighted by Gasteiger charge is -2.03. The highest BCUT2D eigenvalue weighted by Gasteiger charge is 2.12. The van der Waals surface area contributed by atoms with Crippen molar-refractivity contribution in [1.82, 2.24) is 0 Å². The van der Waals surface area contributed by atoms with E-state index in [0.29, 0.717) is 23.7 Å². The summed E-state index contributed by atoms with van der Waals surface area (Å²) in [6, 6.07) is 12.6. The van der Waals surface area contributed by atoms with Gasteiger partial charge in [0.25, 0.3) is 0 Å². The summed E-state index contributed by atoms with van der Waals surface area (Å²) in [6.45, 7) is 4.27. The van der Waals surface area contributed by atoms with Crippen LogP contribution in [-0.4, -0.2) is 19.2 Å². The number of allylic oxidation sites excluding steroid dienone is 1. The zero-order valence-electron chi connectivity index (χ0n) is 12.5. The van der Waals surface area contributed by atoms with Crippen molar-refractivity contribution < 1.29 is 19.0 Å². The van der Waals surface area contributed by atoms with Gasteiger partial charge < -0.3 is 14.2 Å². The summed E-state index contributed by atoms with van der Waals surface area (Å²) in [5.41, 5.74) is 1.49. The number of benzene rings is 2. The van der Waals surface area contributed by atoms with Crippen LogP contribution in [0.5, 0.6) is 17.2 Å². The molecule has 0 amide bonds. The Morgan fingerprint density at radius 3 is 2.70 bits per heavy atom. The molecular formula is C19H16O4. The first kappa shape index (κ1) is 14.9. The van der Waals surface area contributed by atoms with Gasteiger partial charge in [-0.25, -0.2) is 0 Å². The van der Waals surface area contributed by atoms with Crippen LogP contribution in [0.15, 0.2) is 61.2 Å². The largest absolute Gasteiger partial charge is 0.490 e. The number of ketones is 1. The van der Waals surface area contributed by atoms with Crippen molar-refractivity contribution in [2.75, 3.05) is 13.4 Å². The van der Waals surface area contributed by atoms with Crippen LogP contribution in [-0.2, 0) is 0 Å². The van der Waals surface area contributed by atoms with Crippen LogP contribution in [0, 0.1) is 0 Å². The van der Waals surface area contributed by atoms with E-state index in [9.17, 15) is 4.79 Å². The Labute approximate surface area is 134 Å². The van der Waals surface area contributed by atoms with Gasteiger partial charge in [-0.3, -0.25) is 4.79 Å². The van der Waals surface area contributed by atoms with Crippen LogP contribution >= 0.6 is 0 Å². The molecule has 0 unspecified atom stereocenters. The number of carbonyl (C=O) groups is 1. The first-order valence-electron chi connectivity index (χ1n) is 7.22. The van der Waals surface area contributed by atoms with E-state index < -0.39 is 0 Å². The first-order valence-corrected chi connectivity index (χ1v) is 7.22. The molecule has 4 heteroatoms. The summed E-state index contributed by atoms with van der Waals surface area (Å²) in [4.78, 5) is 12.2. The minimum Gasteiger partial charge on any atom is -0.490 e. The third-order valence-electron chi connectivity index (χ3n) is 3.33. The maximum Gasteiger partial charge on any atom is 0.231 e. The Morgan fingerprint density at radius 2 is 1.91 bits per heavy atom. The van der Waals surface area contributed by atoms with Crippen LogP contribution in [0.3, 0.4) is 0 Å². The molecule has 0 fully saturated rings. The Hall–Kier alpha value is -3.01. The number of rotatable bonds is 6. The molecule has 0 atom stereocenters. The first-order chi connectivity index (χ1) is 11.3. The average Bonchev–Trinajstić information content (AvgIpc) is 3.06. The Balaban J connectivity index is 1.67. The van der Waals surface area contributed by atoms with Gasteiger partial charge in [0, 0.05) is 5.56 Å². The molecular weight excluding hydrogens is 292 g/mol. The van der Waals surface area contributed by atoms with E-state index in [4.69, 9.17) is 14.2 Å². The van der Waals surface area contributed by atoms with Gasteiger partial charge in [-0.15, -0.1) is 0 Å². The third-order valence-corrected chi connectivity index (χ3v) is 3.33. The van der Waals surface area contributed by atoms with E-state index >= 15 is 0 Å². The summed E-state index contributed by atoms with van der Waals surface area (Å²) in [5.74, 6) is 2.06. The molecule has 0 aliphatic carbocycles. The van der Waals surface area contributed by atoms with Crippen molar-refractivity contribution in [2.45, 2.75) is 0 Å². The quantitative estimate of drug-likeness (QED) is 0.461. The Morgan fingerprint density at radius 1 is 1.13 bits per heavy atom. The highest BCUT2D eigenvalue weighted by atomic mass is 16.7. The van der Waals surface area contributed by atoms with E-state index in [1.807, 2.05) is 18.2 Å². The van der Waals surface area contributed by atoms with Crippen molar-refractivity contribution in [2.24, 2.45) is 0 Å². The summed E-state index contributed by atoms with van der Waals surface area (Å²) >= 11 is 0. The minimum absolute atomic E-state index is 0.0714. The zero-order chi connectivity index (χ0) is 16.1. The molecule has 0 aromatic heterocycles. The van der Waals surface area contributed by atoms with Crippen LogP contribution < -0.4 is 14.2 Å². The molecule has 0 bridgehead atoms. The number of carbonyl (C=O) groups excluding carboxylic acids is 1. The predicted molar refractivity (Wildman–Crippen MR) is 88.1 cm³/mol. The number of hydrogen-bond acceptors (Lipinski definition) is 4. The van der Waals surface area contributed by atoms with Crippen molar-refractivity contribution >= 4 is 11.9 Å². The molecule has 2 aromatic carbocycles. The highest BCUT2D eigenvalue weighted by Crippen LogP contribution is 2.32. The van der Waals surface area contributed by atoms with Crippen molar-refractivity contribution in [3.63, 3.8) is 0 Å². The second kappa shape index (κ2) is 6.83. The van der Waals surface area contributed by atoms with Crippen molar-refractivity contribution in [1.29, 1.82) is 0 Å². The topological polar surface area (TPSA) is 44.8 Å².